The highest BCUT2D eigenvalue weighted by atomic mass is 79.9. The largest absolute Gasteiger partial charge is 0.493 e. The van der Waals surface area contributed by atoms with Gasteiger partial charge < -0.3 is 4.74 Å². The van der Waals surface area contributed by atoms with Crippen molar-refractivity contribution in [2.75, 3.05) is 7.11 Å². The maximum atomic E-state index is 5.51. The lowest BCUT2D eigenvalue weighted by Gasteiger charge is -2.23. The van der Waals surface area contributed by atoms with Gasteiger partial charge in [0, 0.05) is 16.8 Å². The molecule has 1 fully saturated rings. The van der Waals surface area contributed by atoms with E-state index in [1.54, 1.807) is 7.11 Å². The van der Waals surface area contributed by atoms with E-state index in [0.717, 1.165) is 5.75 Å². The molecule has 0 aliphatic heterocycles. The first kappa shape index (κ1) is 13.9. The van der Waals surface area contributed by atoms with Gasteiger partial charge in [-0.1, -0.05) is 35.2 Å². The van der Waals surface area contributed by atoms with Crippen LogP contribution in [0.5, 0.6) is 5.75 Å². The van der Waals surface area contributed by atoms with E-state index in [4.69, 9.17) is 4.74 Å². The van der Waals surface area contributed by atoms with Crippen LogP contribution in [0.1, 0.15) is 63.6 Å². The van der Waals surface area contributed by atoms with Crippen molar-refractivity contribution in [3.05, 3.63) is 11.9 Å². The third-order valence-electron chi connectivity index (χ3n) is 3.79. The summed E-state index contributed by atoms with van der Waals surface area (Å²) < 4.78 is 7.64. The molecule has 0 amide bonds. The highest BCUT2D eigenvalue weighted by Gasteiger charge is 2.29. The van der Waals surface area contributed by atoms with Crippen molar-refractivity contribution >= 4 is 15.9 Å². The molecule has 0 aromatic carbocycles. The minimum atomic E-state index is 0.381. The van der Waals surface area contributed by atoms with Crippen molar-refractivity contribution in [1.29, 1.82) is 0 Å². The van der Waals surface area contributed by atoms with E-state index >= 15 is 0 Å². The third-order valence-corrected chi connectivity index (χ3v) is 4.89. The predicted octanol–water partition coefficient (Wildman–Crippen LogP) is 4.28. The average molecular weight is 315 g/mol. The SMILES string of the molecule is COc1cnn(C(C)C)c1C1CCCCCC1Br. The van der Waals surface area contributed by atoms with Crippen molar-refractivity contribution in [1.82, 2.24) is 9.78 Å². The van der Waals surface area contributed by atoms with Gasteiger partial charge in [0.2, 0.25) is 0 Å². The van der Waals surface area contributed by atoms with Crippen LogP contribution in [0.4, 0.5) is 0 Å². The fraction of sp³-hybridized carbons (Fsp3) is 0.786. The topological polar surface area (TPSA) is 27.1 Å². The first-order valence-corrected chi connectivity index (χ1v) is 7.82. The summed E-state index contributed by atoms with van der Waals surface area (Å²) in [5.74, 6) is 1.47. The third kappa shape index (κ3) is 2.73. The zero-order chi connectivity index (χ0) is 13.1. The van der Waals surface area contributed by atoms with Crippen LogP contribution in [0.15, 0.2) is 6.20 Å². The molecule has 2 atom stereocenters. The summed E-state index contributed by atoms with van der Waals surface area (Å²) in [5.41, 5.74) is 1.27. The second-order valence-electron chi connectivity index (χ2n) is 5.40. The van der Waals surface area contributed by atoms with Gasteiger partial charge in [0.15, 0.2) is 5.75 Å². The molecule has 2 unspecified atom stereocenters. The van der Waals surface area contributed by atoms with Crippen molar-refractivity contribution in [2.24, 2.45) is 0 Å². The van der Waals surface area contributed by atoms with Crippen molar-refractivity contribution in [3.63, 3.8) is 0 Å². The molecule has 1 aliphatic rings. The lowest BCUT2D eigenvalue weighted by molar-refractivity contribution is 0.391. The van der Waals surface area contributed by atoms with E-state index in [2.05, 4.69) is 39.6 Å². The van der Waals surface area contributed by atoms with Crippen LogP contribution in [0.3, 0.4) is 0 Å². The number of methoxy groups -OCH3 is 1. The van der Waals surface area contributed by atoms with Crippen LogP contribution in [-0.4, -0.2) is 21.7 Å². The molecule has 102 valence electrons. The maximum absolute atomic E-state index is 5.51. The Morgan fingerprint density at radius 3 is 2.72 bits per heavy atom. The number of aromatic nitrogens is 2. The Morgan fingerprint density at radius 1 is 1.33 bits per heavy atom. The normalized spacial score (nSPS) is 25.2. The number of alkyl halides is 1. The van der Waals surface area contributed by atoms with Crippen LogP contribution in [-0.2, 0) is 0 Å². The number of nitrogens with zero attached hydrogens (tertiary/aromatic N) is 2. The van der Waals surface area contributed by atoms with Gasteiger partial charge in [-0.2, -0.15) is 5.10 Å². The molecule has 0 bridgehead atoms. The quantitative estimate of drug-likeness (QED) is 0.615. The van der Waals surface area contributed by atoms with E-state index in [9.17, 15) is 0 Å². The van der Waals surface area contributed by atoms with E-state index in [0.29, 0.717) is 16.8 Å². The molecular formula is C14H23BrN2O. The Balaban J connectivity index is 2.37. The van der Waals surface area contributed by atoms with E-state index in [1.807, 2.05) is 6.20 Å². The highest BCUT2D eigenvalue weighted by Crippen LogP contribution is 2.40. The van der Waals surface area contributed by atoms with Crippen molar-refractivity contribution in [3.8, 4) is 5.75 Å². The Bertz CT molecular complexity index is 389. The Kier molecular flexibility index (Phi) is 4.71. The number of halogens is 1. The molecule has 18 heavy (non-hydrogen) atoms. The molecule has 0 saturated heterocycles. The first-order valence-electron chi connectivity index (χ1n) is 6.90. The minimum absolute atomic E-state index is 0.381. The summed E-state index contributed by atoms with van der Waals surface area (Å²) >= 11 is 3.88. The number of hydrogen-bond acceptors (Lipinski definition) is 2. The molecule has 3 nitrogen and oxygen atoms in total. The zero-order valence-corrected chi connectivity index (χ0v) is 13.1. The second-order valence-corrected chi connectivity index (χ2v) is 6.57. The number of hydrogen-bond donors (Lipinski definition) is 0. The number of ether oxygens (including phenoxy) is 1. The molecule has 0 radical (unpaired) electrons. The smallest absolute Gasteiger partial charge is 0.160 e. The first-order chi connectivity index (χ1) is 8.65. The van der Waals surface area contributed by atoms with E-state index in [1.165, 1.54) is 37.8 Å². The zero-order valence-electron chi connectivity index (χ0n) is 11.5. The fourth-order valence-electron chi connectivity index (χ4n) is 2.85. The Hall–Kier alpha value is -0.510. The molecular weight excluding hydrogens is 292 g/mol. The average Bonchev–Trinajstić information content (AvgIpc) is 2.66. The van der Waals surface area contributed by atoms with Gasteiger partial charge >= 0.3 is 0 Å². The van der Waals surface area contributed by atoms with Gasteiger partial charge in [-0.15, -0.1) is 0 Å². The van der Waals surface area contributed by atoms with Crippen LogP contribution in [0.2, 0.25) is 0 Å². The van der Waals surface area contributed by atoms with Gasteiger partial charge in [0.25, 0.3) is 0 Å². The maximum Gasteiger partial charge on any atom is 0.160 e. The molecule has 1 aromatic heterocycles. The molecule has 1 saturated carbocycles. The summed E-state index contributed by atoms with van der Waals surface area (Å²) in [7, 11) is 1.74. The molecule has 1 heterocycles. The van der Waals surface area contributed by atoms with E-state index in [-0.39, 0.29) is 0 Å². The van der Waals surface area contributed by atoms with Crippen molar-refractivity contribution in [2.45, 2.75) is 62.7 Å². The second kappa shape index (κ2) is 6.09. The van der Waals surface area contributed by atoms with Gasteiger partial charge in [-0.05, 0) is 26.7 Å². The lowest BCUT2D eigenvalue weighted by Crippen LogP contribution is -2.18. The molecule has 2 rings (SSSR count). The lowest BCUT2D eigenvalue weighted by atomic mass is 9.95. The van der Waals surface area contributed by atoms with Gasteiger partial charge in [-0.25, -0.2) is 0 Å². The Labute approximate surface area is 118 Å². The fourth-order valence-corrected chi connectivity index (χ4v) is 3.69. The summed E-state index contributed by atoms with van der Waals surface area (Å²) in [6, 6.07) is 0.381. The Morgan fingerprint density at radius 2 is 2.06 bits per heavy atom. The summed E-state index contributed by atoms with van der Waals surface area (Å²) in [5, 5.41) is 4.50. The van der Waals surface area contributed by atoms with Gasteiger partial charge in [-0.3, -0.25) is 4.68 Å². The molecule has 0 spiro atoms. The van der Waals surface area contributed by atoms with Gasteiger partial charge in [0.05, 0.1) is 19.0 Å². The molecule has 1 aliphatic carbocycles. The summed E-state index contributed by atoms with van der Waals surface area (Å²) in [6.07, 6.45) is 8.31. The summed E-state index contributed by atoms with van der Waals surface area (Å²) in [6.45, 7) is 4.35. The minimum Gasteiger partial charge on any atom is -0.493 e. The van der Waals surface area contributed by atoms with Gasteiger partial charge in [0.1, 0.15) is 0 Å². The molecule has 1 aromatic rings. The highest BCUT2D eigenvalue weighted by molar-refractivity contribution is 9.09. The monoisotopic (exact) mass is 314 g/mol. The van der Waals surface area contributed by atoms with Crippen LogP contribution >= 0.6 is 15.9 Å². The molecule has 0 N–H and O–H groups in total. The van der Waals surface area contributed by atoms with Crippen LogP contribution < -0.4 is 4.74 Å². The van der Waals surface area contributed by atoms with Crippen molar-refractivity contribution < 1.29 is 4.74 Å². The predicted molar refractivity (Wildman–Crippen MR) is 77.7 cm³/mol. The molecule has 4 heteroatoms. The van der Waals surface area contributed by atoms with E-state index < -0.39 is 0 Å². The van der Waals surface area contributed by atoms with Crippen LogP contribution in [0, 0.1) is 0 Å². The summed E-state index contributed by atoms with van der Waals surface area (Å²) in [4.78, 5) is 0.545. The van der Waals surface area contributed by atoms with Crippen LogP contribution in [0.25, 0.3) is 0 Å². The standard InChI is InChI=1S/C14H23BrN2O/c1-10(2)17-14(13(18-3)9-16-17)11-7-5-4-6-8-12(11)15/h9-12H,4-8H2,1-3H3. The number of rotatable bonds is 3.